The Morgan fingerprint density at radius 2 is 2.18 bits per heavy atom. The van der Waals surface area contributed by atoms with Crippen LogP contribution in [0, 0.1) is 5.92 Å². The van der Waals surface area contributed by atoms with Gasteiger partial charge in [0.2, 0.25) is 5.91 Å². The number of hydrogen-bond donors (Lipinski definition) is 1. The molecule has 0 saturated carbocycles. The molecule has 1 amide bonds. The fourth-order valence-corrected chi connectivity index (χ4v) is 3.13. The van der Waals surface area contributed by atoms with Crippen molar-refractivity contribution in [2.45, 2.75) is 47.5 Å². The Morgan fingerprint density at radius 1 is 1.39 bits per heavy atom. The van der Waals surface area contributed by atoms with Gasteiger partial charge in [-0.05, 0) is 57.4 Å². The molecule has 1 aliphatic carbocycles. The molecule has 2 rings (SSSR count). The molecule has 4 heteroatoms. The molecule has 2 aliphatic rings. The first kappa shape index (κ1) is 21.7. The van der Waals surface area contributed by atoms with Gasteiger partial charge in [-0.3, -0.25) is 4.79 Å². The lowest BCUT2D eigenvalue weighted by Gasteiger charge is -2.28. The zero-order chi connectivity index (χ0) is 20.5. The molecule has 1 N–H and O–H groups in total. The van der Waals surface area contributed by atoms with Crippen molar-refractivity contribution in [3.05, 3.63) is 71.1 Å². The predicted molar refractivity (Wildman–Crippen MR) is 119 cm³/mol. The van der Waals surface area contributed by atoms with E-state index in [1.54, 1.807) is 6.08 Å². The van der Waals surface area contributed by atoms with Crippen LogP contribution in [-0.4, -0.2) is 29.7 Å². The topological polar surface area (TPSA) is 44.7 Å². The lowest BCUT2D eigenvalue weighted by atomic mass is 9.95. The standard InChI is InChI=1S/C24H33N3O/c1-6-16-27(7-2)23-17-18(3)20(5)22(26-23)14-12-19(4)25-24(28)15-13-21-10-8-9-11-21/h8-10,12-15,17,20H,6-7,11,16H2,1-5H3,(H,25,28)/b15-13+,19-12+,22-14+. The molecule has 0 aromatic rings. The molecule has 0 aromatic carbocycles. The van der Waals surface area contributed by atoms with Crippen molar-refractivity contribution in [1.82, 2.24) is 10.2 Å². The second-order valence-corrected chi connectivity index (χ2v) is 7.30. The zero-order valence-electron chi connectivity index (χ0n) is 17.8. The van der Waals surface area contributed by atoms with E-state index < -0.39 is 0 Å². The molecule has 0 saturated heterocycles. The number of dihydropyridines is 1. The van der Waals surface area contributed by atoms with Gasteiger partial charge < -0.3 is 10.2 Å². The Hall–Kier alpha value is -2.62. The van der Waals surface area contributed by atoms with Crippen molar-refractivity contribution in [3.8, 4) is 0 Å². The Labute approximate surface area is 169 Å². The third-order valence-corrected chi connectivity index (χ3v) is 5.00. The highest BCUT2D eigenvalue weighted by Gasteiger charge is 2.19. The fraction of sp³-hybridized carbons (Fsp3) is 0.417. The van der Waals surface area contributed by atoms with E-state index in [2.05, 4.69) is 50.1 Å². The molecule has 1 heterocycles. The van der Waals surface area contributed by atoms with Crippen LogP contribution in [0.15, 0.2) is 76.1 Å². The van der Waals surface area contributed by atoms with Crippen molar-refractivity contribution in [3.63, 3.8) is 0 Å². The number of nitrogens with one attached hydrogen (secondary N) is 1. The van der Waals surface area contributed by atoms with Crippen LogP contribution in [0.4, 0.5) is 0 Å². The van der Waals surface area contributed by atoms with E-state index in [-0.39, 0.29) is 11.8 Å². The van der Waals surface area contributed by atoms with Crippen molar-refractivity contribution in [1.29, 1.82) is 0 Å². The van der Waals surface area contributed by atoms with Gasteiger partial charge in [0.1, 0.15) is 5.84 Å². The average Bonchev–Trinajstić information content (AvgIpc) is 3.19. The number of carbonyl (C=O) groups excluding carboxylic acids is 1. The molecule has 1 atom stereocenters. The number of amides is 1. The number of carbonyl (C=O) groups is 1. The Kier molecular flexibility index (Phi) is 8.24. The maximum absolute atomic E-state index is 12.1. The number of likely N-dealkylation sites (N-methyl/N-ethyl adjacent to an activating group) is 1. The second-order valence-electron chi connectivity index (χ2n) is 7.30. The van der Waals surface area contributed by atoms with Crippen molar-refractivity contribution in [2.24, 2.45) is 10.9 Å². The molecule has 28 heavy (non-hydrogen) atoms. The summed E-state index contributed by atoms with van der Waals surface area (Å²) in [4.78, 5) is 19.3. The van der Waals surface area contributed by atoms with Gasteiger partial charge in [-0.1, -0.05) is 43.7 Å². The van der Waals surface area contributed by atoms with Gasteiger partial charge in [-0.15, -0.1) is 0 Å². The van der Waals surface area contributed by atoms with E-state index in [0.29, 0.717) is 0 Å². The largest absolute Gasteiger partial charge is 0.357 e. The minimum absolute atomic E-state index is 0.114. The zero-order valence-corrected chi connectivity index (χ0v) is 17.8. The van der Waals surface area contributed by atoms with E-state index in [1.807, 2.05) is 37.3 Å². The van der Waals surface area contributed by atoms with E-state index in [4.69, 9.17) is 4.99 Å². The van der Waals surface area contributed by atoms with Crippen LogP contribution in [-0.2, 0) is 4.79 Å². The van der Waals surface area contributed by atoms with Crippen LogP contribution in [0.2, 0.25) is 0 Å². The number of aliphatic imine (C=N–C) groups is 1. The molecular formula is C24H33N3O. The highest BCUT2D eigenvalue weighted by Crippen LogP contribution is 2.26. The summed E-state index contributed by atoms with van der Waals surface area (Å²) in [6, 6.07) is 0. The first-order valence-electron chi connectivity index (χ1n) is 10.2. The van der Waals surface area contributed by atoms with E-state index in [9.17, 15) is 4.79 Å². The molecule has 0 spiro atoms. The Morgan fingerprint density at radius 3 is 2.82 bits per heavy atom. The van der Waals surface area contributed by atoms with Crippen molar-refractivity contribution < 1.29 is 4.79 Å². The Bertz CT molecular complexity index is 791. The molecular weight excluding hydrogens is 346 g/mol. The molecule has 1 unspecified atom stereocenters. The molecule has 0 bridgehead atoms. The lowest BCUT2D eigenvalue weighted by molar-refractivity contribution is -0.115. The fourth-order valence-electron chi connectivity index (χ4n) is 3.13. The normalized spacial score (nSPS) is 21.0. The smallest absolute Gasteiger partial charge is 0.248 e. The van der Waals surface area contributed by atoms with Crippen LogP contribution < -0.4 is 5.32 Å². The van der Waals surface area contributed by atoms with Gasteiger partial charge in [-0.2, -0.15) is 0 Å². The Balaban J connectivity index is 2.07. The lowest BCUT2D eigenvalue weighted by Crippen LogP contribution is -2.32. The minimum atomic E-state index is -0.114. The summed E-state index contributed by atoms with van der Waals surface area (Å²) in [5.74, 6) is 1.19. The summed E-state index contributed by atoms with van der Waals surface area (Å²) >= 11 is 0. The first-order chi connectivity index (χ1) is 13.4. The van der Waals surface area contributed by atoms with Gasteiger partial charge >= 0.3 is 0 Å². The van der Waals surface area contributed by atoms with Crippen LogP contribution in [0.3, 0.4) is 0 Å². The van der Waals surface area contributed by atoms with Crippen LogP contribution >= 0.6 is 0 Å². The first-order valence-corrected chi connectivity index (χ1v) is 10.2. The molecule has 150 valence electrons. The summed E-state index contributed by atoms with van der Waals surface area (Å²) in [6.45, 7) is 12.5. The molecule has 0 aromatic heterocycles. The monoisotopic (exact) mass is 379 g/mol. The number of allylic oxidation sites excluding steroid dienone is 9. The summed E-state index contributed by atoms with van der Waals surface area (Å²) in [7, 11) is 0. The van der Waals surface area contributed by atoms with Gasteiger partial charge in [-0.25, -0.2) is 4.99 Å². The van der Waals surface area contributed by atoms with Gasteiger partial charge in [0, 0.05) is 36.5 Å². The van der Waals surface area contributed by atoms with Gasteiger partial charge in [0.15, 0.2) is 0 Å². The molecule has 1 aliphatic heterocycles. The molecule has 0 radical (unpaired) electrons. The minimum Gasteiger partial charge on any atom is -0.357 e. The third kappa shape index (κ3) is 6.22. The highest BCUT2D eigenvalue weighted by atomic mass is 16.1. The highest BCUT2D eigenvalue weighted by molar-refractivity contribution is 5.95. The van der Waals surface area contributed by atoms with Crippen LogP contribution in [0.25, 0.3) is 0 Å². The molecule has 0 fully saturated rings. The average molecular weight is 380 g/mol. The van der Waals surface area contributed by atoms with E-state index in [1.165, 1.54) is 5.57 Å². The van der Waals surface area contributed by atoms with E-state index >= 15 is 0 Å². The maximum Gasteiger partial charge on any atom is 0.248 e. The quantitative estimate of drug-likeness (QED) is 0.629. The summed E-state index contributed by atoms with van der Waals surface area (Å²) < 4.78 is 0. The van der Waals surface area contributed by atoms with Crippen molar-refractivity contribution >= 4 is 11.7 Å². The predicted octanol–water partition coefficient (Wildman–Crippen LogP) is 5.06. The van der Waals surface area contributed by atoms with E-state index in [0.717, 1.165) is 48.7 Å². The number of hydrogen-bond acceptors (Lipinski definition) is 3. The van der Waals surface area contributed by atoms with Gasteiger partial charge in [0.05, 0.1) is 0 Å². The maximum atomic E-state index is 12.1. The summed E-state index contributed by atoms with van der Waals surface area (Å²) in [5, 5.41) is 2.90. The van der Waals surface area contributed by atoms with Crippen molar-refractivity contribution in [2.75, 3.05) is 13.1 Å². The number of rotatable bonds is 7. The molecule has 4 nitrogen and oxygen atoms in total. The van der Waals surface area contributed by atoms with Gasteiger partial charge in [0.25, 0.3) is 0 Å². The summed E-state index contributed by atoms with van der Waals surface area (Å²) in [5.41, 5.74) is 4.28. The third-order valence-electron chi connectivity index (χ3n) is 5.00. The summed E-state index contributed by atoms with van der Waals surface area (Å²) in [6.07, 6.45) is 17.7. The van der Waals surface area contributed by atoms with Crippen LogP contribution in [0.1, 0.15) is 47.5 Å². The van der Waals surface area contributed by atoms with Crippen LogP contribution in [0.5, 0.6) is 0 Å². The number of amidine groups is 1. The SMILES string of the molecule is CCCN(CC)C1=N/C(=C/C=C(\C)NC(=O)/C=C/C2=CC=CC2)C(C)C(C)=C1. The number of nitrogens with zero attached hydrogens (tertiary/aromatic N) is 2. The second kappa shape index (κ2) is 10.6.